The van der Waals surface area contributed by atoms with Gasteiger partial charge in [0.1, 0.15) is 36.9 Å². The van der Waals surface area contributed by atoms with Gasteiger partial charge in [-0.1, -0.05) is 43.3 Å². The van der Waals surface area contributed by atoms with Gasteiger partial charge in [0.05, 0.1) is 95.7 Å². The number of hydrogen-bond donors (Lipinski definition) is 0. The van der Waals surface area contributed by atoms with Crippen molar-refractivity contribution in [1.29, 1.82) is 0 Å². The van der Waals surface area contributed by atoms with Crippen LogP contribution in [0.3, 0.4) is 0 Å². The van der Waals surface area contributed by atoms with E-state index in [1.807, 2.05) is 0 Å². The molecule has 1 aliphatic heterocycles. The van der Waals surface area contributed by atoms with Gasteiger partial charge in [-0.2, -0.15) is 0 Å². The van der Waals surface area contributed by atoms with Gasteiger partial charge in [-0.3, -0.25) is 33.6 Å². The molecule has 0 atom stereocenters. The minimum absolute atomic E-state index is 0.0287. The number of carbonyl (C=O) groups excluding carboxylic acids is 10. The molecule has 4 fully saturated rings. The highest BCUT2D eigenvalue weighted by Gasteiger charge is 2.39. The lowest BCUT2D eigenvalue weighted by Crippen LogP contribution is -2.33. The largest absolute Gasteiger partial charge is 0.468 e. The molecular formula is C61H75NO21S2. The first-order chi connectivity index (χ1) is 41.1. The van der Waals surface area contributed by atoms with Crippen LogP contribution in [0.5, 0.6) is 11.5 Å². The van der Waals surface area contributed by atoms with E-state index in [9.17, 15) is 47.9 Å². The van der Waals surface area contributed by atoms with E-state index in [0.717, 1.165) is 41.8 Å². The molecule has 0 saturated heterocycles. The van der Waals surface area contributed by atoms with E-state index in [4.69, 9.17) is 58.7 Å². The van der Waals surface area contributed by atoms with Gasteiger partial charge in [0.2, 0.25) is 0 Å². The molecule has 0 unspecified atom stereocenters. The van der Waals surface area contributed by atoms with E-state index in [0.29, 0.717) is 138 Å². The van der Waals surface area contributed by atoms with Crippen LogP contribution < -0.4 is 9.47 Å². The van der Waals surface area contributed by atoms with E-state index in [1.165, 1.54) is 12.1 Å². The normalized spacial score (nSPS) is 22.5. The highest BCUT2D eigenvalue weighted by Crippen LogP contribution is 2.59. The lowest BCUT2D eigenvalue weighted by molar-refractivity contribution is -0.161. The maximum Gasteiger partial charge on any atom is 0.338 e. The van der Waals surface area contributed by atoms with Crippen molar-refractivity contribution in [3.05, 3.63) is 71.4 Å². The SMILES string of the molecule is [C-]#[N+]C(C(=O)OCCOCCOC(=O)C=C)=C1Sc2c(OC(=O)C3CCC(OC(=O)C4CCC(C(=O)OCCCCOC(=O)C=C)CC4)CC3)ccc(OC(=O)C3CCC(OC(=O)C4CCC(C(=O)OCCCCOC(=O)C=C)CC4)CC3)c2S1. The number of ether oxygens (including phenoxy) is 11. The van der Waals surface area contributed by atoms with Crippen molar-refractivity contribution in [2.24, 2.45) is 35.5 Å². The van der Waals surface area contributed by atoms with Crippen molar-refractivity contribution in [1.82, 2.24) is 0 Å². The van der Waals surface area contributed by atoms with Crippen LogP contribution in [0.15, 0.2) is 69.8 Å². The summed E-state index contributed by atoms with van der Waals surface area (Å²) in [5.41, 5.74) is -0.365. The molecule has 5 aliphatic rings. The monoisotopic (exact) mass is 1220 g/mol. The van der Waals surface area contributed by atoms with Crippen LogP contribution in [0.4, 0.5) is 0 Å². The lowest BCUT2D eigenvalue weighted by Gasteiger charge is -2.30. The van der Waals surface area contributed by atoms with E-state index >= 15 is 0 Å². The van der Waals surface area contributed by atoms with Gasteiger partial charge in [-0.15, -0.1) is 0 Å². The highest BCUT2D eigenvalue weighted by molar-refractivity contribution is 8.24. The molecule has 0 spiro atoms. The molecule has 4 aliphatic carbocycles. The van der Waals surface area contributed by atoms with Gasteiger partial charge in [0.15, 0.2) is 0 Å². The van der Waals surface area contributed by atoms with Crippen LogP contribution in [0.1, 0.15) is 128 Å². The summed E-state index contributed by atoms with van der Waals surface area (Å²) in [6, 6.07) is 2.98. The van der Waals surface area contributed by atoms with E-state index in [-0.39, 0.29) is 122 Å². The average molecular weight is 1220 g/mol. The summed E-state index contributed by atoms with van der Waals surface area (Å²) in [7, 11) is 0. The summed E-state index contributed by atoms with van der Waals surface area (Å²) in [6.07, 6.45) is 11.6. The predicted molar refractivity (Wildman–Crippen MR) is 303 cm³/mol. The predicted octanol–water partition coefficient (Wildman–Crippen LogP) is 8.99. The quantitative estimate of drug-likeness (QED) is 0.0173. The van der Waals surface area contributed by atoms with Gasteiger partial charge in [0.25, 0.3) is 5.70 Å². The Balaban J connectivity index is 0.986. The number of carbonyl (C=O) groups is 10. The van der Waals surface area contributed by atoms with Crippen molar-refractivity contribution in [2.45, 2.75) is 150 Å². The van der Waals surface area contributed by atoms with Gasteiger partial charge in [0, 0.05) is 18.2 Å². The van der Waals surface area contributed by atoms with Crippen molar-refractivity contribution >= 4 is 83.2 Å². The van der Waals surface area contributed by atoms with Crippen molar-refractivity contribution in [3.8, 4) is 11.5 Å². The summed E-state index contributed by atoms with van der Waals surface area (Å²) < 4.78 is 60.3. The third-order valence-electron chi connectivity index (χ3n) is 15.2. The Labute approximate surface area is 502 Å². The molecule has 1 aromatic rings. The summed E-state index contributed by atoms with van der Waals surface area (Å²) in [5.74, 6) is -7.15. The number of esters is 10. The molecular weight excluding hydrogens is 1150 g/mol. The molecule has 22 nitrogen and oxygen atoms in total. The Morgan fingerprint density at radius 2 is 0.741 bits per heavy atom. The smallest absolute Gasteiger partial charge is 0.338 e. The highest BCUT2D eigenvalue weighted by atomic mass is 32.2. The van der Waals surface area contributed by atoms with Crippen molar-refractivity contribution < 1.29 is 100 Å². The molecule has 462 valence electrons. The average Bonchev–Trinajstić information content (AvgIpc) is 2.51. The molecule has 0 amide bonds. The van der Waals surface area contributed by atoms with E-state index in [1.54, 1.807) is 0 Å². The van der Waals surface area contributed by atoms with Crippen LogP contribution in [0, 0.1) is 42.1 Å². The fourth-order valence-electron chi connectivity index (χ4n) is 10.3. The molecule has 85 heavy (non-hydrogen) atoms. The summed E-state index contributed by atoms with van der Waals surface area (Å²) in [4.78, 5) is 131. The zero-order valence-corrected chi connectivity index (χ0v) is 49.4. The standard InChI is InChI=1S/C61H75NO21S2/c1-5-48(63)74-30-8-10-32-77-54(66)38-12-16-40(17-13-38)56(68)80-44-24-20-42(21-25-44)58(70)82-46-28-29-47(53-52(46)84-61(85-53)51(62-4)60(72)79-37-35-73-34-36-76-50(65)7-3)83-59(71)43-22-26-45(27-23-43)81-57(69)41-18-14-39(15-19-41)55(67)78-33-11-9-31-75-49(64)6-2/h5-7,28-29,38-45H,1-3,8-27,30-37H2. The number of thioether (sulfide) groups is 2. The number of rotatable bonds is 30. The van der Waals surface area contributed by atoms with Crippen molar-refractivity contribution in [3.63, 3.8) is 0 Å². The first-order valence-corrected chi connectivity index (χ1v) is 30.7. The molecule has 0 bridgehead atoms. The number of benzene rings is 1. The first kappa shape index (κ1) is 67.2. The fraction of sp³-hybridized carbons (Fsp3) is 0.590. The number of fused-ring (bicyclic) bond motifs is 1. The van der Waals surface area contributed by atoms with E-state index < -0.39 is 59.9 Å². The molecule has 0 aromatic heterocycles. The topological polar surface area (TPSA) is 277 Å². The van der Waals surface area contributed by atoms with E-state index in [2.05, 4.69) is 24.6 Å². The Morgan fingerprint density at radius 1 is 0.424 bits per heavy atom. The second-order valence-electron chi connectivity index (χ2n) is 21.0. The Hall–Kier alpha value is -6.97. The molecule has 1 heterocycles. The first-order valence-electron chi connectivity index (χ1n) is 29.1. The molecule has 1 aromatic carbocycles. The second-order valence-corrected chi connectivity index (χ2v) is 23.3. The van der Waals surface area contributed by atoms with Gasteiger partial charge < -0.3 is 52.1 Å². The summed E-state index contributed by atoms with van der Waals surface area (Å²) in [6.45, 7) is 18.5. The minimum atomic E-state index is -0.947. The third-order valence-corrected chi connectivity index (χ3v) is 17.8. The van der Waals surface area contributed by atoms with Gasteiger partial charge in [-0.25, -0.2) is 19.2 Å². The zero-order chi connectivity index (χ0) is 61.1. The molecule has 4 saturated carbocycles. The van der Waals surface area contributed by atoms with Crippen LogP contribution in [-0.2, 0) is 90.6 Å². The van der Waals surface area contributed by atoms with Crippen molar-refractivity contribution in [2.75, 3.05) is 52.9 Å². The van der Waals surface area contributed by atoms with Crippen LogP contribution >= 0.6 is 23.5 Å². The van der Waals surface area contributed by atoms with Crippen LogP contribution in [0.2, 0.25) is 0 Å². The van der Waals surface area contributed by atoms with Gasteiger partial charge in [-0.05, 0) is 141 Å². The zero-order valence-electron chi connectivity index (χ0n) is 47.8. The fourth-order valence-corrected chi connectivity index (χ4v) is 12.8. The third kappa shape index (κ3) is 21.5. The molecule has 0 radical (unpaired) electrons. The maximum absolute atomic E-state index is 13.9. The molecule has 24 heteroatoms. The summed E-state index contributed by atoms with van der Waals surface area (Å²) >= 11 is 1.97. The Morgan fingerprint density at radius 3 is 1.11 bits per heavy atom. The van der Waals surface area contributed by atoms with Crippen LogP contribution in [-0.4, -0.2) is 125 Å². The number of hydrogen-bond acceptors (Lipinski definition) is 23. The number of nitrogens with zero attached hydrogens (tertiary/aromatic N) is 1. The summed E-state index contributed by atoms with van der Waals surface area (Å²) in [5, 5.41) is 0. The maximum atomic E-state index is 13.9. The number of unbranched alkanes of at least 4 members (excludes halogenated alkanes) is 2. The minimum Gasteiger partial charge on any atom is -0.468 e. The second kappa shape index (κ2) is 35.5. The Bertz CT molecular complexity index is 2510. The lowest BCUT2D eigenvalue weighted by atomic mass is 9.82. The molecule has 6 rings (SSSR count). The van der Waals surface area contributed by atoms with Crippen LogP contribution in [0.25, 0.3) is 4.85 Å². The van der Waals surface area contributed by atoms with Gasteiger partial charge >= 0.3 is 59.7 Å². The Kier molecular flexibility index (Phi) is 28.0. The molecule has 0 N–H and O–H groups in total.